The first-order valence-corrected chi connectivity index (χ1v) is 14.6. The van der Waals surface area contributed by atoms with Gasteiger partial charge < -0.3 is 15.2 Å². The molecule has 0 atom stereocenters. The normalized spacial score (nSPS) is 12.7. The Morgan fingerprint density at radius 2 is 1.66 bits per heavy atom. The van der Waals surface area contributed by atoms with Gasteiger partial charge in [0.2, 0.25) is 5.43 Å². The fourth-order valence-electron chi connectivity index (χ4n) is 5.00. The second kappa shape index (κ2) is 12.2. The van der Waals surface area contributed by atoms with Crippen molar-refractivity contribution in [2.24, 2.45) is 0 Å². The predicted octanol–water partition coefficient (Wildman–Crippen LogP) is 6.79. The molecule has 204 valence electrons. The first-order valence-electron chi connectivity index (χ1n) is 13.7. The van der Waals surface area contributed by atoms with Crippen molar-refractivity contribution >= 4 is 32.7 Å². The number of amides is 1. The number of thiazole rings is 1. The monoisotopic (exact) mass is 558 g/mol. The second-order valence-electron chi connectivity index (χ2n) is 9.98. The van der Waals surface area contributed by atoms with Crippen LogP contribution in [0, 0.1) is 0 Å². The van der Waals surface area contributed by atoms with Gasteiger partial charge >= 0.3 is 0 Å². The summed E-state index contributed by atoms with van der Waals surface area (Å²) in [5.74, 6) is -0.395. The summed E-state index contributed by atoms with van der Waals surface area (Å²) in [6, 6.07) is 28.5. The van der Waals surface area contributed by atoms with Crippen LogP contribution in [-0.4, -0.2) is 22.0 Å². The standard InChI is InChI=1S/C34H30N4O2S/c39-31-29(32(40)35-20-24-12-4-1-5-13-24)23-38(22-27-18-10-11-19-28(27)26-16-8-3-9-17-26)33-30(31)37-34(41-33)36-21-25-14-6-2-7-15-25/h2-4,6-19,23H,1,5,20-22H2,(H,35,40)(H,36,37). The van der Waals surface area contributed by atoms with Gasteiger partial charge in [-0.1, -0.05) is 114 Å². The van der Waals surface area contributed by atoms with E-state index in [2.05, 4.69) is 52.0 Å². The minimum atomic E-state index is -0.395. The molecule has 2 N–H and O–H groups in total. The number of aromatic nitrogens is 2. The third-order valence-corrected chi connectivity index (χ3v) is 8.16. The summed E-state index contributed by atoms with van der Waals surface area (Å²) < 4.78 is 1.98. The van der Waals surface area contributed by atoms with Crippen molar-refractivity contribution in [3.8, 4) is 11.1 Å². The van der Waals surface area contributed by atoms with Gasteiger partial charge in [0.1, 0.15) is 15.9 Å². The van der Waals surface area contributed by atoms with Gasteiger partial charge in [0.15, 0.2) is 5.13 Å². The van der Waals surface area contributed by atoms with Crippen molar-refractivity contribution in [3.63, 3.8) is 0 Å². The first-order chi connectivity index (χ1) is 20.2. The molecule has 6 nitrogen and oxygen atoms in total. The number of hydrogen-bond acceptors (Lipinski definition) is 5. The molecule has 0 aliphatic heterocycles. The number of carbonyl (C=O) groups excluding carboxylic acids is 1. The second-order valence-corrected chi connectivity index (χ2v) is 11.0. The summed E-state index contributed by atoms with van der Waals surface area (Å²) >= 11 is 1.43. The minimum Gasteiger partial charge on any atom is -0.357 e. The first kappa shape index (κ1) is 26.5. The largest absolute Gasteiger partial charge is 0.357 e. The van der Waals surface area contributed by atoms with E-state index in [0.717, 1.165) is 45.5 Å². The summed E-state index contributed by atoms with van der Waals surface area (Å²) in [6.45, 7) is 1.45. The molecule has 0 bridgehead atoms. The molecule has 1 aliphatic carbocycles. The van der Waals surface area contributed by atoms with Crippen molar-refractivity contribution in [1.29, 1.82) is 0 Å². The Bertz CT molecular complexity index is 1800. The number of nitrogens with zero attached hydrogens (tertiary/aromatic N) is 2. The maximum absolute atomic E-state index is 13.6. The average Bonchev–Trinajstić information content (AvgIpc) is 3.47. The van der Waals surface area contributed by atoms with Gasteiger partial charge in [-0.2, -0.15) is 0 Å². The highest BCUT2D eigenvalue weighted by atomic mass is 32.1. The Balaban J connectivity index is 1.38. The van der Waals surface area contributed by atoms with E-state index in [9.17, 15) is 9.59 Å². The summed E-state index contributed by atoms with van der Waals surface area (Å²) in [6.07, 6.45) is 9.90. The molecular weight excluding hydrogens is 528 g/mol. The Morgan fingerprint density at radius 1 is 0.902 bits per heavy atom. The van der Waals surface area contributed by atoms with Crippen LogP contribution in [0.2, 0.25) is 0 Å². The van der Waals surface area contributed by atoms with Crippen molar-refractivity contribution in [1.82, 2.24) is 14.9 Å². The number of hydrogen-bond donors (Lipinski definition) is 2. The molecule has 1 aliphatic rings. The number of carbonyl (C=O) groups is 1. The number of allylic oxidation sites excluding steroid dienone is 2. The van der Waals surface area contributed by atoms with Crippen molar-refractivity contribution in [2.45, 2.75) is 25.9 Å². The summed E-state index contributed by atoms with van der Waals surface area (Å²) in [5.41, 5.74) is 5.49. The smallest absolute Gasteiger partial charge is 0.257 e. The van der Waals surface area contributed by atoms with Crippen molar-refractivity contribution in [2.75, 3.05) is 11.9 Å². The average molecular weight is 559 g/mol. The van der Waals surface area contributed by atoms with E-state index in [-0.39, 0.29) is 11.0 Å². The van der Waals surface area contributed by atoms with Crippen molar-refractivity contribution in [3.05, 3.63) is 142 Å². The third kappa shape index (κ3) is 6.05. The summed E-state index contributed by atoms with van der Waals surface area (Å²) in [4.78, 5) is 32.4. The van der Waals surface area contributed by atoms with Gasteiger partial charge in [-0.25, -0.2) is 4.98 Å². The lowest BCUT2D eigenvalue weighted by molar-refractivity contribution is 0.0955. The van der Waals surface area contributed by atoms with E-state index in [1.807, 2.05) is 71.3 Å². The number of pyridine rings is 1. The Morgan fingerprint density at radius 3 is 2.44 bits per heavy atom. The topological polar surface area (TPSA) is 76.0 Å². The van der Waals surface area contributed by atoms with E-state index in [0.29, 0.717) is 30.3 Å². The Labute approximate surface area is 242 Å². The maximum Gasteiger partial charge on any atom is 0.257 e. The molecule has 6 rings (SSSR count). The molecule has 1 amide bonds. The fraction of sp³-hybridized carbons (Fsp3) is 0.147. The molecule has 41 heavy (non-hydrogen) atoms. The van der Waals surface area contributed by atoms with Crippen LogP contribution >= 0.6 is 11.3 Å². The van der Waals surface area contributed by atoms with Gasteiger partial charge in [0, 0.05) is 25.8 Å². The SMILES string of the molecule is O=C(NCC1=CCCC=C1)c1cn(Cc2ccccc2-c2ccccc2)c2sc(NCc3ccccc3)nc2c1=O. The molecule has 0 unspecified atom stereocenters. The van der Waals surface area contributed by atoms with Crippen LogP contribution in [0.15, 0.2) is 120 Å². The molecule has 0 saturated heterocycles. The molecule has 2 heterocycles. The fourth-order valence-corrected chi connectivity index (χ4v) is 5.93. The lowest BCUT2D eigenvalue weighted by Crippen LogP contribution is -2.31. The number of rotatable bonds is 9. The van der Waals surface area contributed by atoms with Gasteiger partial charge in [0.05, 0.1) is 0 Å². The van der Waals surface area contributed by atoms with Crippen molar-refractivity contribution < 1.29 is 4.79 Å². The van der Waals surface area contributed by atoms with E-state index >= 15 is 0 Å². The molecular formula is C34H30N4O2S. The molecule has 3 aromatic carbocycles. The van der Waals surface area contributed by atoms with E-state index < -0.39 is 5.91 Å². The molecule has 2 aromatic heterocycles. The molecule has 0 spiro atoms. The van der Waals surface area contributed by atoms with Crippen LogP contribution in [0.5, 0.6) is 0 Å². The van der Waals surface area contributed by atoms with Gasteiger partial charge in [-0.15, -0.1) is 0 Å². The van der Waals surface area contributed by atoms with E-state index in [1.165, 1.54) is 11.3 Å². The van der Waals surface area contributed by atoms with Crippen LogP contribution in [0.25, 0.3) is 21.5 Å². The van der Waals surface area contributed by atoms with E-state index in [4.69, 9.17) is 0 Å². The Hall–Kier alpha value is -4.75. The van der Waals surface area contributed by atoms with Crippen LogP contribution in [0.1, 0.15) is 34.3 Å². The van der Waals surface area contributed by atoms with Crippen LogP contribution in [0.3, 0.4) is 0 Å². The highest BCUT2D eigenvalue weighted by molar-refractivity contribution is 7.21. The lowest BCUT2D eigenvalue weighted by atomic mass is 9.99. The zero-order chi connectivity index (χ0) is 28.0. The minimum absolute atomic E-state index is 0.0926. The lowest BCUT2D eigenvalue weighted by Gasteiger charge is -2.14. The van der Waals surface area contributed by atoms with Crippen LogP contribution in [0.4, 0.5) is 5.13 Å². The zero-order valence-corrected chi connectivity index (χ0v) is 23.4. The highest BCUT2D eigenvalue weighted by Crippen LogP contribution is 2.29. The Kier molecular flexibility index (Phi) is 7.87. The maximum atomic E-state index is 13.6. The van der Waals surface area contributed by atoms with E-state index in [1.54, 1.807) is 6.20 Å². The number of nitrogens with one attached hydrogen (secondary N) is 2. The van der Waals surface area contributed by atoms with Gasteiger partial charge in [-0.05, 0) is 40.7 Å². The molecule has 5 aromatic rings. The number of anilines is 1. The van der Waals surface area contributed by atoms with Crippen LogP contribution < -0.4 is 16.1 Å². The summed E-state index contributed by atoms with van der Waals surface area (Å²) in [7, 11) is 0. The predicted molar refractivity (Wildman–Crippen MR) is 167 cm³/mol. The van der Waals surface area contributed by atoms with Gasteiger partial charge in [0.25, 0.3) is 5.91 Å². The quantitative estimate of drug-likeness (QED) is 0.209. The van der Waals surface area contributed by atoms with Crippen LogP contribution in [-0.2, 0) is 13.1 Å². The number of benzene rings is 3. The molecule has 7 heteroatoms. The highest BCUT2D eigenvalue weighted by Gasteiger charge is 2.20. The summed E-state index contributed by atoms with van der Waals surface area (Å²) in [5, 5.41) is 6.95. The third-order valence-electron chi connectivity index (χ3n) is 7.11. The van der Waals surface area contributed by atoms with Gasteiger partial charge in [-0.3, -0.25) is 9.59 Å². The molecule has 0 radical (unpaired) electrons. The zero-order valence-electron chi connectivity index (χ0n) is 22.5. The number of fused-ring (bicyclic) bond motifs is 1. The molecule has 0 fully saturated rings. The molecule has 0 saturated carbocycles.